The van der Waals surface area contributed by atoms with E-state index in [1.165, 1.54) is 16.7 Å². The molecule has 2 N–H and O–H groups in total. The monoisotopic (exact) mass is 343 g/mol. The first-order valence-corrected chi connectivity index (χ1v) is 8.79. The topological polar surface area (TPSA) is 128 Å². The molecule has 2 rings (SSSR count). The molecule has 1 saturated heterocycles. The number of carboxylic acid groups (broad SMARTS) is 1. The number of β-lactam (4-membered cyclic amide) rings is 1. The summed E-state index contributed by atoms with van der Waals surface area (Å²) in [6.45, 7) is 1.65. The van der Waals surface area contributed by atoms with Gasteiger partial charge in [-0.1, -0.05) is 0 Å². The highest BCUT2D eigenvalue weighted by Crippen LogP contribution is 2.39. The van der Waals surface area contributed by atoms with Crippen molar-refractivity contribution in [1.29, 1.82) is 5.26 Å². The SMILES string of the molecule is CC1=C(C(=O)O)N2C(=O)C(NC(=O)CS(=O)CC#N)[C@H]2SC1. The molecular weight excluding hydrogens is 330 g/mol. The number of nitriles is 1. The Balaban J connectivity index is 2.02. The first-order chi connectivity index (χ1) is 10.4. The lowest BCUT2D eigenvalue weighted by molar-refractivity contribution is -0.150. The van der Waals surface area contributed by atoms with Gasteiger partial charge in [-0.3, -0.25) is 18.7 Å². The Labute approximate surface area is 133 Å². The van der Waals surface area contributed by atoms with E-state index in [-0.39, 0.29) is 17.2 Å². The molecule has 0 radical (unpaired) electrons. The van der Waals surface area contributed by atoms with Crippen molar-refractivity contribution in [3.63, 3.8) is 0 Å². The molecule has 22 heavy (non-hydrogen) atoms. The molecule has 0 aliphatic carbocycles. The van der Waals surface area contributed by atoms with Gasteiger partial charge < -0.3 is 10.4 Å². The van der Waals surface area contributed by atoms with Crippen LogP contribution in [0.25, 0.3) is 0 Å². The molecule has 0 saturated carbocycles. The van der Waals surface area contributed by atoms with Crippen molar-refractivity contribution >= 4 is 40.3 Å². The number of hydrogen-bond donors (Lipinski definition) is 2. The highest BCUT2D eigenvalue weighted by atomic mass is 32.2. The van der Waals surface area contributed by atoms with Crippen LogP contribution in [0.15, 0.2) is 11.3 Å². The molecule has 10 heteroatoms. The minimum Gasteiger partial charge on any atom is -0.477 e. The van der Waals surface area contributed by atoms with Crippen molar-refractivity contribution in [1.82, 2.24) is 10.2 Å². The molecule has 2 aliphatic heterocycles. The summed E-state index contributed by atoms with van der Waals surface area (Å²) in [5, 5.41) is 19.6. The van der Waals surface area contributed by atoms with Crippen molar-refractivity contribution in [2.75, 3.05) is 17.3 Å². The summed E-state index contributed by atoms with van der Waals surface area (Å²) in [4.78, 5) is 36.2. The number of carbonyl (C=O) groups is 3. The van der Waals surface area contributed by atoms with Gasteiger partial charge in [-0.05, 0) is 12.5 Å². The van der Waals surface area contributed by atoms with Gasteiger partial charge in [-0.2, -0.15) is 5.26 Å². The van der Waals surface area contributed by atoms with Crippen LogP contribution in [0.5, 0.6) is 0 Å². The normalized spacial score (nSPS) is 24.9. The third-order valence-electron chi connectivity index (χ3n) is 3.20. The Kier molecular flexibility index (Phi) is 4.87. The van der Waals surface area contributed by atoms with Crippen LogP contribution in [0.2, 0.25) is 0 Å². The summed E-state index contributed by atoms with van der Waals surface area (Å²) in [7, 11) is -1.59. The van der Waals surface area contributed by atoms with E-state index in [4.69, 9.17) is 5.26 Å². The average molecular weight is 343 g/mol. The first-order valence-electron chi connectivity index (χ1n) is 6.25. The van der Waals surface area contributed by atoms with Crippen molar-refractivity contribution in [2.24, 2.45) is 0 Å². The standard InChI is InChI=1S/C12H13N3O5S2/c1-6-4-21-11-8(10(17)15(11)9(6)12(18)19)14-7(16)5-22(20)3-2-13/h8,11H,3-5H2,1H3,(H,14,16)(H,18,19)/t8?,11-,22?/m1/s1. The van der Waals surface area contributed by atoms with Crippen molar-refractivity contribution < 1.29 is 23.7 Å². The third-order valence-corrected chi connectivity index (χ3v) is 5.65. The van der Waals surface area contributed by atoms with E-state index >= 15 is 0 Å². The number of amides is 2. The lowest BCUT2D eigenvalue weighted by atomic mass is 10.0. The Hall–Kier alpha value is -1.86. The maximum atomic E-state index is 12.1. The summed E-state index contributed by atoms with van der Waals surface area (Å²) in [5.74, 6) is -2.39. The first kappa shape index (κ1) is 16.5. The van der Waals surface area contributed by atoms with Crippen LogP contribution >= 0.6 is 11.8 Å². The number of hydrogen-bond acceptors (Lipinski definition) is 6. The molecule has 2 heterocycles. The van der Waals surface area contributed by atoms with E-state index in [1.54, 1.807) is 13.0 Å². The molecule has 0 spiro atoms. The van der Waals surface area contributed by atoms with E-state index in [9.17, 15) is 23.7 Å². The molecule has 3 atom stereocenters. The Bertz CT molecular complexity index is 639. The second-order valence-corrected chi connectivity index (χ2v) is 7.34. The minimum atomic E-state index is -1.59. The summed E-state index contributed by atoms with van der Waals surface area (Å²) in [5.41, 5.74) is 0.564. The number of thioether (sulfide) groups is 1. The van der Waals surface area contributed by atoms with Gasteiger partial charge in [-0.25, -0.2) is 4.79 Å². The fraction of sp³-hybridized carbons (Fsp3) is 0.500. The van der Waals surface area contributed by atoms with Crippen LogP contribution in [-0.2, 0) is 25.2 Å². The van der Waals surface area contributed by atoms with Crippen LogP contribution in [0, 0.1) is 11.3 Å². The maximum Gasteiger partial charge on any atom is 0.352 e. The Morgan fingerprint density at radius 1 is 1.59 bits per heavy atom. The molecule has 0 aromatic carbocycles. The Morgan fingerprint density at radius 3 is 2.86 bits per heavy atom. The van der Waals surface area contributed by atoms with E-state index in [0.29, 0.717) is 11.3 Å². The number of nitrogens with one attached hydrogen (secondary N) is 1. The summed E-state index contributed by atoms with van der Waals surface area (Å²) in [6.07, 6.45) is 0. The van der Waals surface area contributed by atoms with Gasteiger partial charge in [0.05, 0.1) is 6.07 Å². The number of nitrogens with zero attached hydrogens (tertiary/aromatic N) is 2. The zero-order valence-electron chi connectivity index (χ0n) is 11.6. The van der Waals surface area contributed by atoms with Gasteiger partial charge in [0.25, 0.3) is 5.91 Å². The van der Waals surface area contributed by atoms with Crippen LogP contribution in [0.1, 0.15) is 6.92 Å². The zero-order chi connectivity index (χ0) is 16.4. The van der Waals surface area contributed by atoms with E-state index in [0.717, 1.165) is 0 Å². The van der Waals surface area contributed by atoms with Gasteiger partial charge >= 0.3 is 5.97 Å². The molecular formula is C12H13N3O5S2. The average Bonchev–Trinajstić information content (AvgIpc) is 2.44. The van der Waals surface area contributed by atoms with Crippen LogP contribution in [0.3, 0.4) is 0 Å². The number of rotatable bonds is 5. The smallest absolute Gasteiger partial charge is 0.352 e. The van der Waals surface area contributed by atoms with Crippen molar-refractivity contribution in [2.45, 2.75) is 18.3 Å². The van der Waals surface area contributed by atoms with Gasteiger partial charge in [0.15, 0.2) is 0 Å². The predicted octanol–water partition coefficient (Wildman–Crippen LogP) is -0.983. The molecule has 2 amide bonds. The Morgan fingerprint density at radius 2 is 2.27 bits per heavy atom. The van der Waals surface area contributed by atoms with E-state index in [1.807, 2.05) is 0 Å². The summed E-state index contributed by atoms with van der Waals surface area (Å²) >= 11 is 1.37. The van der Waals surface area contributed by atoms with Crippen LogP contribution in [0.4, 0.5) is 0 Å². The van der Waals surface area contributed by atoms with Gasteiger partial charge in [0.2, 0.25) is 5.91 Å². The fourth-order valence-electron chi connectivity index (χ4n) is 2.26. The van der Waals surface area contributed by atoms with Gasteiger partial charge in [-0.15, -0.1) is 11.8 Å². The lowest BCUT2D eigenvalue weighted by Gasteiger charge is -2.49. The molecule has 8 nitrogen and oxygen atoms in total. The third kappa shape index (κ3) is 3.00. The largest absolute Gasteiger partial charge is 0.477 e. The minimum absolute atomic E-state index is 0.0349. The number of carboxylic acids is 1. The fourth-order valence-corrected chi connectivity index (χ4v) is 4.17. The zero-order valence-corrected chi connectivity index (χ0v) is 13.2. The quantitative estimate of drug-likeness (QED) is 0.614. The summed E-state index contributed by atoms with van der Waals surface area (Å²) in [6, 6.07) is 0.880. The molecule has 1 fully saturated rings. The maximum absolute atomic E-state index is 12.1. The second kappa shape index (κ2) is 6.50. The number of carbonyl (C=O) groups excluding carboxylic acids is 2. The van der Waals surface area contributed by atoms with Crippen LogP contribution in [-0.4, -0.2) is 60.7 Å². The van der Waals surface area contributed by atoms with Gasteiger partial charge in [0.1, 0.15) is 28.6 Å². The predicted molar refractivity (Wildman–Crippen MR) is 78.8 cm³/mol. The highest BCUT2D eigenvalue weighted by molar-refractivity contribution is 8.00. The molecule has 2 aliphatic rings. The van der Waals surface area contributed by atoms with Crippen molar-refractivity contribution in [3.8, 4) is 6.07 Å². The second-order valence-electron chi connectivity index (χ2n) is 4.78. The molecule has 2 unspecified atom stereocenters. The van der Waals surface area contributed by atoms with E-state index < -0.39 is 40.0 Å². The number of aliphatic carboxylic acids is 1. The van der Waals surface area contributed by atoms with Crippen LogP contribution < -0.4 is 5.32 Å². The molecule has 0 bridgehead atoms. The van der Waals surface area contributed by atoms with Crippen molar-refractivity contribution in [3.05, 3.63) is 11.3 Å². The highest BCUT2D eigenvalue weighted by Gasteiger charge is 2.53. The lowest BCUT2D eigenvalue weighted by Crippen LogP contribution is -2.70. The number of fused-ring (bicyclic) bond motifs is 1. The summed E-state index contributed by atoms with van der Waals surface area (Å²) < 4.78 is 11.3. The van der Waals surface area contributed by atoms with Gasteiger partial charge in [0, 0.05) is 16.6 Å². The van der Waals surface area contributed by atoms with E-state index in [2.05, 4.69) is 5.32 Å². The molecule has 0 aromatic heterocycles. The molecule has 0 aromatic rings. The molecule has 118 valence electrons.